The molecule has 11 heavy (non-hydrogen) atoms. The first-order valence-corrected chi connectivity index (χ1v) is 4.67. The molecule has 0 radical (unpaired) electrons. The van der Waals surface area contributed by atoms with Crippen molar-refractivity contribution < 1.29 is 5.11 Å². The van der Waals surface area contributed by atoms with Crippen LogP contribution in [0.4, 0.5) is 0 Å². The first-order valence-electron chi connectivity index (χ1n) is 4.67. The average molecular weight is 157 g/mol. The van der Waals surface area contributed by atoms with Crippen LogP contribution in [0.15, 0.2) is 0 Å². The van der Waals surface area contributed by atoms with Crippen molar-refractivity contribution in [3.05, 3.63) is 0 Å². The van der Waals surface area contributed by atoms with Gasteiger partial charge in [-0.1, -0.05) is 6.92 Å². The van der Waals surface area contributed by atoms with Crippen molar-refractivity contribution in [2.24, 2.45) is 11.7 Å². The third kappa shape index (κ3) is 3.21. The van der Waals surface area contributed by atoms with Gasteiger partial charge in [-0.25, -0.2) is 0 Å². The van der Waals surface area contributed by atoms with Gasteiger partial charge in [-0.05, 0) is 38.0 Å². The van der Waals surface area contributed by atoms with Crippen LogP contribution in [0.3, 0.4) is 0 Å². The lowest BCUT2D eigenvalue weighted by atomic mass is 10.0. The summed E-state index contributed by atoms with van der Waals surface area (Å²) in [4.78, 5) is 0. The molecule has 1 aliphatic carbocycles. The molecule has 0 heterocycles. The van der Waals surface area contributed by atoms with Gasteiger partial charge in [0.25, 0.3) is 0 Å². The summed E-state index contributed by atoms with van der Waals surface area (Å²) < 4.78 is 0. The first kappa shape index (κ1) is 9.01. The molecule has 3 N–H and O–H groups in total. The highest BCUT2D eigenvalue weighted by molar-refractivity contribution is 4.81. The highest BCUT2D eigenvalue weighted by atomic mass is 16.3. The molecular weight excluding hydrogens is 138 g/mol. The molecule has 0 aromatic carbocycles. The lowest BCUT2D eigenvalue weighted by Gasteiger charge is -2.12. The summed E-state index contributed by atoms with van der Waals surface area (Å²) in [5, 5.41) is 9.48. The highest BCUT2D eigenvalue weighted by Crippen LogP contribution is 2.34. The van der Waals surface area contributed by atoms with Crippen molar-refractivity contribution in [2.45, 2.75) is 51.2 Å². The zero-order valence-electron chi connectivity index (χ0n) is 7.29. The molecule has 0 saturated heterocycles. The van der Waals surface area contributed by atoms with Crippen molar-refractivity contribution in [3.8, 4) is 0 Å². The molecule has 66 valence electrons. The minimum Gasteiger partial charge on any atom is -0.393 e. The predicted octanol–water partition coefficient (Wildman–Crippen LogP) is 1.27. The first-order chi connectivity index (χ1) is 5.24. The van der Waals surface area contributed by atoms with Gasteiger partial charge < -0.3 is 10.8 Å². The zero-order valence-corrected chi connectivity index (χ0v) is 7.29. The Bertz CT molecular complexity index is 112. The summed E-state index contributed by atoms with van der Waals surface area (Å²) >= 11 is 0. The maximum Gasteiger partial charge on any atom is 0.0569 e. The van der Waals surface area contributed by atoms with E-state index in [2.05, 4.69) is 6.92 Å². The van der Waals surface area contributed by atoms with E-state index in [0.29, 0.717) is 12.0 Å². The highest BCUT2D eigenvalue weighted by Gasteiger charge is 2.29. The van der Waals surface area contributed by atoms with Crippen molar-refractivity contribution in [1.82, 2.24) is 0 Å². The number of aliphatic hydroxyl groups is 1. The number of aliphatic hydroxyl groups excluding tert-OH is 1. The quantitative estimate of drug-likeness (QED) is 0.631. The van der Waals surface area contributed by atoms with E-state index in [9.17, 15) is 5.11 Å². The van der Waals surface area contributed by atoms with Crippen LogP contribution in [0.5, 0.6) is 0 Å². The Balaban J connectivity index is 2.00. The van der Waals surface area contributed by atoms with E-state index in [-0.39, 0.29) is 6.10 Å². The van der Waals surface area contributed by atoms with Gasteiger partial charge in [-0.3, -0.25) is 0 Å². The SMILES string of the molecule is CCC(N)CCC(O)C1CC1. The van der Waals surface area contributed by atoms with Gasteiger partial charge in [0.15, 0.2) is 0 Å². The Morgan fingerprint density at radius 2 is 2.09 bits per heavy atom. The van der Waals surface area contributed by atoms with Crippen LogP contribution in [-0.4, -0.2) is 17.3 Å². The van der Waals surface area contributed by atoms with Crippen LogP contribution in [0.1, 0.15) is 39.0 Å². The summed E-state index contributed by atoms with van der Waals surface area (Å²) in [6, 6.07) is 0.295. The van der Waals surface area contributed by atoms with Gasteiger partial charge in [0.05, 0.1) is 6.10 Å². The Morgan fingerprint density at radius 3 is 2.55 bits per heavy atom. The van der Waals surface area contributed by atoms with Crippen LogP contribution < -0.4 is 5.73 Å². The van der Waals surface area contributed by atoms with Gasteiger partial charge in [0.2, 0.25) is 0 Å². The van der Waals surface area contributed by atoms with Crippen molar-refractivity contribution >= 4 is 0 Å². The molecule has 2 nitrogen and oxygen atoms in total. The molecule has 0 aromatic heterocycles. The topological polar surface area (TPSA) is 46.2 Å². The van der Waals surface area contributed by atoms with E-state index in [1.54, 1.807) is 0 Å². The molecular formula is C9H19NO. The molecule has 0 bridgehead atoms. The van der Waals surface area contributed by atoms with Crippen LogP contribution in [-0.2, 0) is 0 Å². The van der Waals surface area contributed by atoms with E-state index >= 15 is 0 Å². The minimum absolute atomic E-state index is 0.0624. The summed E-state index contributed by atoms with van der Waals surface area (Å²) in [6.45, 7) is 2.09. The lowest BCUT2D eigenvalue weighted by Crippen LogP contribution is -2.21. The Kier molecular flexibility index (Phi) is 3.34. The molecule has 1 saturated carbocycles. The average Bonchev–Trinajstić information content (AvgIpc) is 2.81. The molecule has 0 spiro atoms. The number of nitrogens with two attached hydrogens (primary N) is 1. The maximum atomic E-state index is 9.48. The monoisotopic (exact) mass is 157 g/mol. The van der Waals surface area contributed by atoms with Crippen LogP contribution in [0.2, 0.25) is 0 Å². The summed E-state index contributed by atoms with van der Waals surface area (Å²) in [5.74, 6) is 0.610. The van der Waals surface area contributed by atoms with Gasteiger partial charge in [0, 0.05) is 6.04 Å². The maximum absolute atomic E-state index is 9.48. The fourth-order valence-corrected chi connectivity index (χ4v) is 1.31. The number of rotatable bonds is 5. The van der Waals surface area contributed by atoms with E-state index in [4.69, 9.17) is 5.73 Å². The normalized spacial score (nSPS) is 23.2. The smallest absolute Gasteiger partial charge is 0.0569 e. The largest absolute Gasteiger partial charge is 0.393 e. The standard InChI is InChI=1S/C9H19NO/c1-2-8(10)5-6-9(11)7-3-4-7/h7-9,11H,2-6,10H2,1H3. The second kappa shape index (κ2) is 4.07. The molecule has 0 amide bonds. The molecule has 0 aliphatic heterocycles. The lowest BCUT2D eigenvalue weighted by molar-refractivity contribution is 0.136. The number of hydrogen-bond acceptors (Lipinski definition) is 2. The van der Waals surface area contributed by atoms with E-state index < -0.39 is 0 Å². The minimum atomic E-state index is -0.0624. The second-order valence-corrected chi connectivity index (χ2v) is 3.65. The molecule has 2 heteroatoms. The van der Waals surface area contributed by atoms with E-state index in [1.165, 1.54) is 12.8 Å². The third-order valence-corrected chi connectivity index (χ3v) is 2.52. The molecule has 2 unspecified atom stereocenters. The van der Waals surface area contributed by atoms with E-state index in [0.717, 1.165) is 19.3 Å². The number of hydrogen-bond donors (Lipinski definition) is 2. The van der Waals surface area contributed by atoms with Gasteiger partial charge in [-0.15, -0.1) is 0 Å². The second-order valence-electron chi connectivity index (χ2n) is 3.65. The van der Waals surface area contributed by atoms with Crippen molar-refractivity contribution in [3.63, 3.8) is 0 Å². The molecule has 1 fully saturated rings. The molecule has 2 atom stereocenters. The Morgan fingerprint density at radius 1 is 1.45 bits per heavy atom. The molecule has 1 rings (SSSR count). The van der Waals surface area contributed by atoms with Gasteiger partial charge >= 0.3 is 0 Å². The summed E-state index contributed by atoms with van der Waals surface area (Å²) in [7, 11) is 0. The van der Waals surface area contributed by atoms with Crippen molar-refractivity contribution in [1.29, 1.82) is 0 Å². The Hall–Kier alpha value is -0.0800. The fourth-order valence-electron chi connectivity index (χ4n) is 1.31. The van der Waals surface area contributed by atoms with Gasteiger partial charge in [-0.2, -0.15) is 0 Å². The summed E-state index contributed by atoms with van der Waals surface area (Å²) in [5.41, 5.74) is 5.73. The fraction of sp³-hybridized carbons (Fsp3) is 1.00. The molecule has 0 aromatic rings. The van der Waals surface area contributed by atoms with Crippen LogP contribution >= 0.6 is 0 Å². The third-order valence-electron chi connectivity index (χ3n) is 2.52. The summed E-state index contributed by atoms with van der Waals surface area (Å²) in [6.07, 6.45) is 5.30. The van der Waals surface area contributed by atoms with Crippen LogP contribution in [0, 0.1) is 5.92 Å². The predicted molar refractivity (Wildman–Crippen MR) is 46.2 cm³/mol. The Labute approximate surface area is 68.8 Å². The van der Waals surface area contributed by atoms with Gasteiger partial charge in [0.1, 0.15) is 0 Å². The van der Waals surface area contributed by atoms with Crippen molar-refractivity contribution in [2.75, 3.05) is 0 Å². The molecule has 1 aliphatic rings. The zero-order chi connectivity index (χ0) is 8.27. The van der Waals surface area contributed by atoms with Crippen LogP contribution in [0.25, 0.3) is 0 Å². The van der Waals surface area contributed by atoms with E-state index in [1.807, 2.05) is 0 Å².